The van der Waals surface area contributed by atoms with Gasteiger partial charge in [0.15, 0.2) is 5.78 Å². The molecule has 0 bridgehead atoms. The van der Waals surface area contributed by atoms with Crippen LogP contribution in [0.5, 0.6) is 0 Å². The molecule has 0 amide bonds. The Kier molecular flexibility index (Phi) is 24.4. The lowest BCUT2D eigenvalue weighted by atomic mass is 10.1. The molecule has 0 aliphatic rings. The molecular formula is C21H38O4S4. The maximum Gasteiger partial charge on any atom is 0.152 e. The largest absolute Gasteiger partial charge is 0.382 e. The monoisotopic (exact) mass is 482 g/mol. The van der Waals surface area contributed by atoms with E-state index in [0.29, 0.717) is 11.0 Å². The molecule has 0 aromatic heterocycles. The fourth-order valence-electron chi connectivity index (χ4n) is 1.59. The number of Topliss-reactive ketones (excluding diaryl/α,β-unsaturated/α-hetero) is 1. The molecule has 0 aromatic rings. The lowest BCUT2D eigenvalue weighted by Gasteiger charge is -2.14. The fourth-order valence-corrected chi connectivity index (χ4v) is 3.61. The molecular weight excluding hydrogens is 444 g/mol. The van der Waals surface area contributed by atoms with Gasteiger partial charge in [0, 0.05) is 11.2 Å². The van der Waals surface area contributed by atoms with Crippen molar-refractivity contribution in [3.8, 4) is 0 Å². The van der Waals surface area contributed by atoms with Crippen LogP contribution in [0.4, 0.5) is 0 Å². The van der Waals surface area contributed by atoms with Crippen molar-refractivity contribution in [2.75, 3.05) is 25.0 Å². The van der Waals surface area contributed by atoms with Gasteiger partial charge in [-0.25, -0.2) is 0 Å². The van der Waals surface area contributed by atoms with Gasteiger partial charge in [-0.2, -0.15) is 11.8 Å². The smallest absolute Gasteiger partial charge is 0.152 e. The van der Waals surface area contributed by atoms with E-state index < -0.39 is 5.44 Å². The first-order valence-corrected chi connectivity index (χ1v) is 14.1. The van der Waals surface area contributed by atoms with Gasteiger partial charge in [0.1, 0.15) is 17.5 Å². The average Bonchev–Trinajstić information content (AvgIpc) is 2.66. The van der Waals surface area contributed by atoms with Crippen LogP contribution in [0.1, 0.15) is 41.0 Å². The van der Waals surface area contributed by atoms with Crippen LogP contribution in [-0.4, -0.2) is 62.7 Å². The number of ketones is 2. The topological polar surface area (TPSA) is 71.4 Å². The molecule has 1 N–H and O–H groups in total. The summed E-state index contributed by atoms with van der Waals surface area (Å²) in [6.07, 6.45) is 16.2. The minimum atomic E-state index is -0.399. The highest BCUT2D eigenvalue weighted by molar-refractivity contribution is 8.16. The Hall–Kier alpha value is -0.150. The van der Waals surface area contributed by atoms with Crippen molar-refractivity contribution in [1.82, 2.24) is 0 Å². The van der Waals surface area contributed by atoms with Crippen molar-refractivity contribution in [2.45, 2.75) is 55.8 Å². The van der Waals surface area contributed by atoms with Crippen LogP contribution in [0.2, 0.25) is 0 Å². The van der Waals surface area contributed by atoms with Gasteiger partial charge in [0.25, 0.3) is 0 Å². The minimum Gasteiger partial charge on any atom is -0.382 e. The zero-order chi connectivity index (χ0) is 23.5. The van der Waals surface area contributed by atoms with E-state index in [2.05, 4.69) is 13.8 Å². The molecule has 0 spiro atoms. The summed E-state index contributed by atoms with van der Waals surface area (Å²) in [5.74, 6) is 0.334. The van der Waals surface area contributed by atoms with Crippen molar-refractivity contribution < 1.29 is 19.5 Å². The number of aliphatic hydroxyl groups excluding tert-OH is 1. The highest BCUT2D eigenvalue weighted by Crippen LogP contribution is 2.22. The Morgan fingerprint density at radius 2 is 1.55 bits per heavy atom. The average molecular weight is 483 g/mol. The Balaban J connectivity index is -0.000000350. The molecule has 170 valence electrons. The van der Waals surface area contributed by atoms with Crippen LogP contribution >= 0.6 is 47.0 Å². The van der Waals surface area contributed by atoms with Gasteiger partial charge in [-0.05, 0) is 70.8 Å². The van der Waals surface area contributed by atoms with Crippen molar-refractivity contribution in [3.05, 3.63) is 24.3 Å². The molecule has 0 fully saturated rings. The molecule has 0 saturated carbocycles. The van der Waals surface area contributed by atoms with E-state index in [1.807, 2.05) is 44.1 Å². The maximum absolute atomic E-state index is 10.6. The summed E-state index contributed by atoms with van der Waals surface area (Å²) < 4.78 is 0.518. The van der Waals surface area contributed by atoms with Crippen molar-refractivity contribution in [3.63, 3.8) is 0 Å². The lowest BCUT2D eigenvalue weighted by molar-refractivity contribution is -0.118. The summed E-state index contributed by atoms with van der Waals surface area (Å²) in [7, 11) is 0. The van der Waals surface area contributed by atoms with E-state index in [1.165, 1.54) is 17.8 Å². The summed E-state index contributed by atoms with van der Waals surface area (Å²) in [4.78, 5) is 30.9. The van der Waals surface area contributed by atoms with E-state index >= 15 is 0 Å². The summed E-state index contributed by atoms with van der Waals surface area (Å²) >= 11 is 6.57. The summed E-state index contributed by atoms with van der Waals surface area (Å²) in [6.45, 7) is 9.12. The van der Waals surface area contributed by atoms with Gasteiger partial charge in [-0.1, -0.05) is 19.1 Å². The van der Waals surface area contributed by atoms with Crippen LogP contribution in [0, 0.1) is 5.92 Å². The highest BCUT2D eigenvalue weighted by Gasteiger charge is 2.13. The predicted molar refractivity (Wildman–Crippen MR) is 137 cm³/mol. The van der Waals surface area contributed by atoms with E-state index in [4.69, 9.17) is 0 Å². The molecule has 0 saturated heterocycles. The number of hydrogen-bond donors (Lipinski definition) is 1. The summed E-state index contributed by atoms with van der Waals surface area (Å²) in [6, 6.07) is 0. The van der Waals surface area contributed by atoms with Gasteiger partial charge in [0.2, 0.25) is 0 Å². The second-order valence-corrected chi connectivity index (χ2v) is 11.3. The number of carbonyl (C=O) groups is 3. The van der Waals surface area contributed by atoms with Crippen molar-refractivity contribution in [2.24, 2.45) is 5.92 Å². The molecule has 0 aliphatic carbocycles. The van der Waals surface area contributed by atoms with Gasteiger partial charge in [-0.15, -0.1) is 35.3 Å². The van der Waals surface area contributed by atoms with Gasteiger partial charge >= 0.3 is 0 Å². The van der Waals surface area contributed by atoms with Crippen LogP contribution in [0.3, 0.4) is 0 Å². The number of carbonyl (C=O) groups excluding carboxylic acids is 3. The summed E-state index contributed by atoms with van der Waals surface area (Å²) in [5.41, 5.74) is -0.399. The Labute approximate surface area is 194 Å². The van der Waals surface area contributed by atoms with Crippen LogP contribution in [-0.2, 0) is 14.4 Å². The minimum absolute atomic E-state index is 0.0764. The number of rotatable bonds is 11. The van der Waals surface area contributed by atoms with Crippen LogP contribution in [0.25, 0.3) is 0 Å². The number of aldehydes is 1. The van der Waals surface area contributed by atoms with Crippen LogP contribution < -0.4 is 0 Å². The third-order valence-corrected chi connectivity index (χ3v) is 7.93. The molecule has 0 aromatic carbocycles. The lowest BCUT2D eigenvalue weighted by Crippen LogP contribution is -2.15. The Bertz CT molecular complexity index is 501. The number of allylic oxidation sites excluding steroid dienone is 2. The molecule has 4 nitrogen and oxygen atoms in total. The van der Waals surface area contributed by atoms with Crippen molar-refractivity contribution in [1.29, 1.82) is 0 Å². The molecule has 29 heavy (non-hydrogen) atoms. The zero-order valence-corrected chi connectivity index (χ0v) is 22.4. The quantitative estimate of drug-likeness (QED) is 0.240. The molecule has 2 atom stereocenters. The number of aliphatic hydroxyl groups is 1. The maximum atomic E-state index is 10.6. The Morgan fingerprint density at radius 1 is 1.03 bits per heavy atom. The predicted octanol–water partition coefficient (Wildman–Crippen LogP) is 5.35. The highest BCUT2D eigenvalue weighted by atomic mass is 32.2. The standard InChI is InChI=1S/C7H14O2S.C7H12OS2.C7H12OS/c1-5(4-6(2)8)7(9)10-3;1-6(8)4-5-7(9-2)10-3;1-7(2,9-3)5-4-6-8/h5,7,9H,4H2,1-3H3;4-5,7H,1-3H3;4-6H,1-3H3/b;2*5-4-. The first-order valence-electron chi connectivity index (χ1n) is 9.03. The normalized spacial score (nSPS) is 13.3. The molecule has 0 aliphatic heterocycles. The fraction of sp³-hybridized carbons (Fsp3) is 0.667. The van der Waals surface area contributed by atoms with E-state index in [9.17, 15) is 19.5 Å². The van der Waals surface area contributed by atoms with Crippen molar-refractivity contribution >= 4 is 64.9 Å². The zero-order valence-electron chi connectivity index (χ0n) is 19.1. The van der Waals surface area contributed by atoms with E-state index in [1.54, 1.807) is 55.2 Å². The van der Waals surface area contributed by atoms with Gasteiger partial charge in [0.05, 0.1) is 4.58 Å². The third-order valence-electron chi connectivity index (χ3n) is 3.39. The first-order chi connectivity index (χ1) is 13.4. The second-order valence-electron chi connectivity index (χ2n) is 6.62. The number of thioether (sulfide) groups is 4. The summed E-state index contributed by atoms with van der Waals surface area (Å²) in [5, 5.41) is 9.19. The number of hydrogen-bond acceptors (Lipinski definition) is 8. The molecule has 0 rings (SSSR count). The van der Waals surface area contributed by atoms with Gasteiger partial charge in [-0.3, -0.25) is 9.59 Å². The third kappa shape index (κ3) is 25.8. The molecule has 0 heterocycles. The first kappa shape index (κ1) is 33.5. The second kappa shape index (κ2) is 21.1. The van der Waals surface area contributed by atoms with E-state index in [0.717, 1.165) is 6.29 Å². The Morgan fingerprint density at radius 3 is 1.86 bits per heavy atom. The van der Waals surface area contributed by atoms with E-state index in [-0.39, 0.29) is 22.2 Å². The van der Waals surface area contributed by atoms with Crippen LogP contribution in [0.15, 0.2) is 24.3 Å². The SMILES string of the molecule is CSC(/C=C\C(C)=O)SC.CSC(C)(C)/C=C\C=O.CSC(O)C(C)CC(C)=O. The van der Waals surface area contributed by atoms with Gasteiger partial charge < -0.3 is 9.90 Å². The molecule has 2 unspecified atom stereocenters. The molecule has 8 heteroatoms. The molecule has 0 radical (unpaired) electrons.